The predicted octanol–water partition coefficient (Wildman–Crippen LogP) is 5.20. The van der Waals surface area contributed by atoms with E-state index >= 15 is 0 Å². The molecule has 10 heteroatoms. The summed E-state index contributed by atoms with van der Waals surface area (Å²) >= 11 is 1.55. The highest BCUT2D eigenvalue weighted by Gasteiger charge is 2.36. The molecule has 0 unspecified atom stereocenters. The molecule has 1 aromatic carbocycles. The highest BCUT2D eigenvalue weighted by Crippen LogP contribution is 2.36. The number of methoxy groups -OCH3 is 1. The van der Waals surface area contributed by atoms with Gasteiger partial charge in [0.1, 0.15) is 12.3 Å². The van der Waals surface area contributed by atoms with Crippen molar-refractivity contribution in [2.45, 2.75) is 56.6 Å². The standard InChI is InChI=1S/C25H37NO6S2Si/c1-25(2,3)35(5,6)32-17-8-7-9-20-15-18-33-23(20)14-16-26(19-24(27)28)34(29,30)22-12-10-21(31-4)11-13-22/h7-8,10-13,15,18H,9,14,16-17,19H2,1-6H3,(H,27,28). The Morgan fingerprint density at radius 1 is 1.14 bits per heavy atom. The van der Waals surface area contributed by atoms with Gasteiger partial charge < -0.3 is 14.3 Å². The van der Waals surface area contributed by atoms with Gasteiger partial charge >= 0.3 is 5.97 Å². The average molecular weight is 540 g/mol. The zero-order valence-electron chi connectivity index (χ0n) is 21.4. The normalized spacial score (nSPS) is 13.0. The molecule has 2 aromatic rings. The monoisotopic (exact) mass is 539 g/mol. The van der Waals surface area contributed by atoms with Crippen LogP contribution < -0.4 is 4.74 Å². The molecular formula is C25H37NO6S2Si. The van der Waals surface area contributed by atoms with Gasteiger partial charge in [-0.1, -0.05) is 32.9 Å². The second kappa shape index (κ2) is 12.3. The first kappa shape index (κ1) is 29.2. The fraction of sp³-hybridized carbons (Fsp3) is 0.480. The maximum atomic E-state index is 13.1. The maximum absolute atomic E-state index is 13.1. The zero-order valence-corrected chi connectivity index (χ0v) is 24.0. The van der Waals surface area contributed by atoms with Gasteiger partial charge in [0.25, 0.3) is 0 Å². The van der Waals surface area contributed by atoms with Crippen LogP contribution in [-0.4, -0.2) is 58.9 Å². The molecule has 7 nitrogen and oxygen atoms in total. The minimum atomic E-state index is -3.96. The number of nitrogens with zero attached hydrogens (tertiary/aromatic N) is 1. The van der Waals surface area contributed by atoms with Crippen molar-refractivity contribution < 1.29 is 27.5 Å². The smallest absolute Gasteiger partial charge is 0.318 e. The number of sulfonamides is 1. The second-order valence-electron chi connectivity index (χ2n) is 9.77. The van der Waals surface area contributed by atoms with Crippen molar-refractivity contribution in [2.75, 3.05) is 26.8 Å². The van der Waals surface area contributed by atoms with Crippen LogP contribution in [0.2, 0.25) is 18.1 Å². The van der Waals surface area contributed by atoms with Gasteiger partial charge in [-0.15, -0.1) is 11.3 Å². The zero-order chi connectivity index (χ0) is 26.3. The molecule has 194 valence electrons. The molecular weight excluding hydrogens is 502 g/mol. The van der Waals surface area contributed by atoms with Gasteiger partial charge in [0.05, 0.1) is 18.6 Å². The molecule has 0 saturated heterocycles. The molecule has 1 aromatic heterocycles. The number of allylic oxidation sites excluding steroid dienone is 1. The van der Waals surface area contributed by atoms with Crippen LogP contribution in [0.1, 0.15) is 31.2 Å². The molecule has 0 radical (unpaired) electrons. The third-order valence-electron chi connectivity index (χ3n) is 6.29. The number of ether oxygens (including phenoxy) is 1. The summed E-state index contributed by atoms with van der Waals surface area (Å²) in [5.74, 6) is -0.669. The molecule has 35 heavy (non-hydrogen) atoms. The van der Waals surface area contributed by atoms with Crippen molar-refractivity contribution in [1.29, 1.82) is 0 Å². The van der Waals surface area contributed by atoms with Crippen molar-refractivity contribution in [1.82, 2.24) is 4.31 Å². The Hall–Kier alpha value is -1.98. The summed E-state index contributed by atoms with van der Waals surface area (Å²) in [6.07, 6.45) is 5.25. The van der Waals surface area contributed by atoms with Gasteiger partial charge in [-0.05, 0) is 72.2 Å². The minimum Gasteiger partial charge on any atom is -0.497 e. The largest absolute Gasteiger partial charge is 0.497 e. The van der Waals surface area contributed by atoms with E-state index in [4.69, 9.17) is 9.16 Å². The number of hydrogen-bond acceptors (Lipinski definition) is 6. The molecule has 0 fully saturated rings. The summed E-state index contributed by atoms with van der Waals surface area (Å²) in [5, 5.41) is 11.5. The lowest BCUT2D eigenvalue weighted by molar-refractivity contribution is -0.137. The van der Waals surface area contributed by atoms with Gasteiger partial charge in [0, 0.05) is 11.4 Å². The number of aliphatic carboxylic acids is 1. The van der Waals surface area contributed by atoms with Gasteiger partial charge in [-0.2, -0.15) is 4.31 Å². The lowest BCUT2D eigenvalue weighted by Crippen LogP contribution is -2.40. The summed E-state index contributed by atoms with van der Waals surface area (Å²) in [7, 11) is -4.26. The minimum absolute atomic E-state index is 0.0376. The quantitative estimate of drug-likeness (QED) is 0.278. The first-order valence-corrected chi connectivity index (χ1v) is 16.7. The first-order valence-electron chi connectivity index (χ1n) is 11.5. The van der Waals surface area contributed by atoms with Crippen molar-refractivity contribution in [2.24, 2.45) is 0 Å². The molecule has 0 aliphatic carbocycles. The van der Waals surface area contributed by atoms with Crippen LogP contribution >= 0.6 is 11.3 Å². The number of thiophene rings is 1. The van der Waals surface area contributed by atoms with Gasteiger partial charge in [-0.25, -0.2) is 8.42 Å². The van der Waals surface area contributed by atoms with Gasteiger partial charge in [-0.3, -0.25) is 4.79 Å². The maximum Gasteiger partial charge on any atom is 0.318 e. The number of carboxylic acid groups (broad SMARTS) is 1. The molecule has 1 N–H and O–H groups in total. The van der Waals surface area contributed by atoms with E-state index in [1.165, 1.54) is 19.2 Å². The van der Waals surface area contributed by atoms with E-state index in [0.29, 0.717) is 25.2 Å². The van der Waals surface area contributed by atoms with E-state index in [1.807, 2.05) is 17.5 Å². The fourth-order valence-corrected chi connectivity index (χ4v) is 6.32. The van der Waals surface area contributed by atoms with E-state index < -0.39 is 30.9 Å². The molecule has 0 amide bonds. The number of rotatable bonds is 13. The summed E-state index contributed by atoms with van der Waals surface area (Å²) in [6.45, 7) is 11.1. The second-order valence-corrected chi connectivity index (χ2v) is 17.5. The lowest BCUT2D eigenvalue weighted by Gasteiger charge is -2.35. The Balaban J connectivity index is 2.04. The fourth-order valence-electron chi connectivity index (χ4n) is 3.08. The molecule has 1 heterocycles. The Morgan fingerprint density at radius 2 is 1.80 bits per heavy atom. The third-order valence-corrected chi connectivity index (χ3v) is 13.7. The van der Waals surface area contributed by atoms with Crippen molar-refractivity contribution in [3.63, 3.8) is 0 Å². The number of carboxylic acids is 1. The van der Waals surface area contributed by atoms with Gasteiger partial charge in [0.15, 0.2) is 8.32 Å². The van der Waals surface area contributed by atoms with Crippen LogP contribution in [0.4, 0.5) is 0 Å². The Bertz CT molecular complexity index is 1100. The average Bonchev–Trinajstić information content (AvgIpc) is 3.22. The molecule has 0 bridgehead atoms. The third kappa shape index (κ3) is 8.28. The lowest BCUT2D eigenvalue weighted by atomic mass is 10.1. The van der Waals surface area contributed by atoms with Crippen LogP contribution in [0, 0.1) is 0 Å². The molecule has 0 atom stereocenters. The SMILES string of the molecule is COc1ccc(S(=O)(=O)N(CCc2sccc2CC=CCO[Si](C)(C)C(C)(C)C)CC(=O)O)cc1. The van der Waals surface area contributed by atoms with Crippen molar-refractivity contribution in [3.8, 4) is 5.75 Å². The van der Waals surface area contributed by atoms with E-state index in [2.05, 4.69) is 39.9 Å². The van der Waals surface area contributed by atoms with Crippen LogP contribution in [-0.2, 0) is 32.1 Å². The van der Waals surface area contributed by atoms with E-state index in [-0.39, 0.29) is 16.5 Å². The molecule has 2 rings (SSSR count). The van der Waals surface area contributed by atoms with E-state index in [0.717, 1.165) is 14.7 Å². The van der Waals surface area contributed by atoms with E-state index in [9.17, 15) is 18.3 Å². The van der Waals surface area contributed by atoms with Crippen molar-refractivity contribution >= 4 is 35.6 Å². The number of carbonyl (C=O) groups is 1. The first-order chi connectivity index (χ1) is 16.3. The highest BCUT2D eigenvalue weighted by molar-refractivity contribution is 7.89. The topological polar surface area (TPSA) is 93.1 Å². The predicted molar refractivity (Wildman–Crippen MR) is 143 cm³/mol. The van der Waals surface area contributed by atoms with Crippen LogP contribution in [0.15, 0.2) is 52.8 Å². The summed E-state index contributed by atoms with van der Waals surface area (Å²) in [4.78, 5) is 12.5. The van der Waals surface area contributed by atoms with Crippen LogP contribution in [0.3, 0.4) is 0 Å². The number of hydrogen-bond donors (Lipinski definition) is 1. The summed E-state index contributed by atoms with van der Waals surface area (Å²) in [6, 6.07) is 7.97. The summed E-state index contributed by atoms with van der Waals surface area (Å²) < 4.78 is 38.5. The van der Waals surface area contributed by atoms with E-state index in [1.54, 1.807) is 23.5 Å². The molecule has 0 saturated carbocycles. The molecule has 0 aliphatic rings. The summed E-state index contributed by atoms with van der Waals surface area (Å²) in [5.41, 5.74) is 1.11. The Labute approximate surface area is 214 Å². The van der Waals surface area contributed by atoms with Gasteiger partial charge in [0.2, 0.25) is 10.0 Å². The highest BCUT2D eigenvalue weighted by atomic mass is 32.2. The molecule has 0 aliphatic heterocycles. The van der Waals surface area contributed by atoms with Crippen LogP contribution in [0.5, 0.6) is 5.75 Å². The Kier molecular flexibility index (Phi) is 10.3. The Morgan fingerprint density at radius 3 is 2.37 bits per heavy atom. The number of benzene rings is 1. The van der Waals surface area contributed by atoms with Crippen LogP contribution in [0.25, 0.3) is 0 Å². The molecule has 0 spiro atoms. The van der Waals surface area contributed by atoms with Crippen molar-refractivity contribution in [3.05, 3.63) is 58.3 Å².